The Morgan fingerprint density at radius 1 is 1.08 bits per heavy atom. The number of hydrogen-bond donors (Lipinski definition) is 1. The maximum Gasteiger partial charge on any atom is 0.275 e. The van der Waals surface area contributed by atoms with Crippen LogP contribution in [0.3, 0.4) is 0 Å². The Kier molecular flexibility index (Phi) is 5.28. The lowest BCUT2D eigenvalue weighted by atomic mass is 10.2. The average molecular weight is 339 g/mol. The molecule has 0 saturated carbocycles. The fourth-order valence-electron chi connectivity index (χ4n) is 2.31. The molecule has 0 spiro atoms. The third-order valence-electron chi connectivity index (χ3n) is 3.49. The number of nitrogens with zero attached hydrogens (tertiary/aromatic N) is 2. The fraction of sp³-hybridized carbons (Fsp3) is 0.167. The average Bonchev–Trinajstić information content (AvgIpc) is 2.62. The number of aromatic nitrogens is 2. The molecule has 122 valence electrons. The van der Waals surface area contributed by atoms with E-state index in [4.69, 9.17) is 0 Å². The molecule has 0 aliphatic rings. The maximum absolute atomic E-state index is 12.3. The van der Waals surface area contributed by atoms with Crippen LogP contribution in [-0.4, -0.2) is 28.0 Å². The minimum atomic E-state index is -0.248. The van der Waals surface area contributed by atoms with E-state index < -0.39 is 0 Å². The van der Waals surface area contributed by atoms with Gasteiger partial charge in [-0.25, -0.2) is 4.68 Å². The van der Waals surface area contributed by atoms with E-state index in [2.05, 4.69) is 10.4 Å². The fourth-order valence-corrected chi connectivity index (χ4v) is 3.10. The predicted octanol–water partition coefficient (Wildman–Crippen LogP) is 2.30. The molecule has 1 heterocycles. The summed E-state index contributed by atoms with van der Waals surface area (Å²) in [5.41, 5.74) is -0.248. The van der Waals surface area contributed by atoms with Gasteiger partial charge in [-0.2, -0.15) is 5.10 Å². The number of benzene rings is 2. The first-order chi connectivity index (χ1) is 11.7. The van der Waals surface area contributed by atoms with Crippen LogP contribution in [0.2, 0.25) is 0 Å². The van der Waals surface area contributed by atoms with Gasteiger partial charge in [0.15, 0.2) is 0 Å². The van der Waals surface area contributed by atoms with Gasteiger partial charge in [0, 0.05) is 22.6 Å². The van der Waals surface area contributed by atoms with Crippen molar-refractivity contribution in [3.63, 3.8) is 0 Å². The number of rotatable bonds is 6. The molecule has 5 nitrogen and oxygen atoms in total. The molecular weight excluding hydrogens is 322 g/mol. The van der Waals surface area contributed by atoms with Crippen LogP contribution in [0.1, 0.15) is 0 Å². The highest BCUT2D eigenvalue weighted by Crippen LogP contribution is 2.15. The highest BCUT2D eigenvalue weighted by molar-refractivity contribution is 7.99. The molecule has 1 aromatic heterocycles. The predicted molar refractivity (Wildman–Crippen MR) is 96.2 cm³/mol. The van der Waals surface area contributed by atoms with Crippen LogP contribution in [0, 0.1) is 0 Å². The molecule has 0 unspecified atom stereocenters. The summed E-state index contributed by atoms with van der Waals surface area (Å²) in [4.78, 5) is 25.5. The van der Waals surface area contributed by atoms with Crippen molar-refractivity contribution in [2.45, 2.75) is 11.4 Å². The highest BCUT2D eigenvalue weighted by Gasteiger charge is 2.07. The molecule has 0 bridgehead atoms. The number of thioether (sulfide) groups is 1. The van der Waals surface area contributed by atoms with Crippen molar-refractivity contribution in [2.75, 3.05) is 12.3 Å². The second-order valence-corrected chi connectivity index (χ2v) is 6.37. The number of hydrogen-bond acceptors (Lipinski definition) is 4. The van der Waals surface area contributed by atoms with E-state index in [1.807, 2.05) is 42.5 Å². The number of fused-ring (bicyclic) bond motifs is 1. The van der Waals surface area contributed by atoms with E-state index in [-0.39, 0.29) is 18.0 Å². The molecule has 1 amide bonds. The van der Waals surface area contributed by atoms with Gasteiger partial charge in [-0.3, -0.25) is 9.59 Å². The minimum absolute atomic E-state index is 0.0698. The van der Waals surface area contributed by atoms with Gasteiger partial charge >= 0.3 is 0 Å². The van der Waals surface area contributed by atoms with Crippen molar-refractivity contribution in [1.82, 2.24) is 15.1 Å². The quantitative estimate of drug-likeness (QED) is 0.553. The van der Waals surface area contributed by atoms with Crippen molar-refractivity contribution in [2.24, 2.45) is 0 Å². The van der Waals surface area contributed by atoms with Crippen molar-refractivity contribution < 1.29 is 4.79 Å². The normalized spacial score (nSPS) is 10.7. The van der Waals surface area contributed by atoms with Crippen LogP contribution in [-0.2, 0) is 11.3 Å². The molecule has 0 aliphatic heterocycles. The van der Waals surface area contributed by atoms with Crippen molar-refractivity contribution >= 4 is 28.4 Å². The van der Waals surface area contributed by atoms with Gasteiger partial charge < -0.3 is 5.32 Å². The minimum Gasteiger partial charge on any atom is -0.354 e. The first kappa shape index (κ1) is 16.3. The van der Waals surface area contributed by atoms with E-state index in [0.717, 1.165) is 11.1 Å². The first-order valence-corrected chi connectivity index (χ1v) is 8.62. The largest absolute Gasteiger partial charge is 0.354 e. The number of carbonyl (C=O) groups excluding carboxylic acids is 1. The van der Waals surface area contributed by atoms with Gasteiger partial charge in [0.25, 0.3) is 5.56 Å². The topological polar surface area (TPSA) is 64.0 Å². The van der Waals surface area contributed by atoms with Gasteiger partial charge in [0.05, 0.1) is 11.6 Å². The van der Waals surface area contributed by atoms with E-state index in [1.165, 1.54) is 9.58 Å². The Balaban J connectivity index is 1.53. The Morgan fingerprint density at radius 3 is 2.67 bits per heavy atom. The summed E-state index contributed by atoms with van der Waals surface area (Å²) in [5.74, 6) is 0.559. The van der Waals surface area contributed by atoms with Crippen molar-refractivity contribution in [3.8, 4) is 0 Å². The molecule has 3 aromatic rings. The zero-order chi connectivity index (χ0) is 16.8. The number of carbonyl (C=O) groups is 1. The third kappa shape index (κ3) is 4.02. The lowest BCUT2D eigenvalue weighted by Gasteiger charge is -2.07. The molecule has 24 heavy (non-hydrogen) atoms. The third-order valence-corrected chi connectivity index (χ3v) is 4.51. The van der Waals surface area contributed by atoms with Gasteiger partial charge in [0.2, 0.25) is 5.91 Å². The molecule has 2 aromatic carbocycles. The molecule has 0 saturated heterocycles. The Bertz CT molecular complexity index is 893. The Labute approximate surface area is 143 Å². The maximum atomic E-state index is 12.3. The van der Waals surface area contributed by atoms with E-state index in [9.17, 15) is 9.59 Å². The van der Waals surface area contributed by atoms with Crippen LogP contribution in [0.5, 0.6) is 0 Å². The summed E-state index contributed by atoms with van der Waals surface area (Å²) < 4.78 is 1.20. The summed E-state index contributed by atoms with van der Waals surface area (Å²) in [6.45, 7) is 0.473. The highest BCUT2D eigenvalue weighted by atomic mass is 32.2. The summed E-state index contributed by atoms with van der Waals surface area (Å²) >= 11 is 1.67. The molecule has 3 rings (SSSR count). The van der Waals surface area contributed by atoms with Gasteiger partial charge in [-0.15, -0.1) is 11.8 Å². The molecule has 6 heteroatoms. The summed E-state index contributed by atoms with van der Waals surface area (Å²) in [6.07, 6.45) is 1.61. The lowest BCUT2D eigenvalue weighted by Crippen LogP contribution is -2.34. The summed E-state index contributed by atoms with van der Waals surface area (Å²) in [7, 11) is 0. The van der Waals surface area contributed by atoms with Crippen LogP contribution in [0.4, 0.5) is 0 Å². The first-order valence-electron chi connectivity index (χ1n) is 7.63. The van der Waals surface area contributed by atoms with Gasteiger partial charge in [-0.05, 0) is 18.2 Å². The molecular formula is C18H17N3O2S. The molecule has 0 fully saturated rings. The standard InChI is InChI=1S/C18H17N3O2S/c22-17(19-10-11-24-15-7-2-1-3-8-15)13-21-18(23)16-9-5-4-6-14(16)12-20-21/h1-9,12H,10-11,13H2,(H,19,22). The van der Waals surface area contributed by atoms with Crippen LogP contribution < -0.4 is 10.9 Å². The van der Waals surface area contributed by atoms with Crippen LogP contribution in [0.15, 0.2) is 70.5 Å². The van der Waals surface area contributed by atoms with Crippen LogP contribution >= 0.6 is 11.8 Å². The van der Waals surface area contributed by atoms with E-state index in [1.54, 1.807) is 30.1 Å². The SMILES string of the molecule is O=C(Cn1ncc2ccccc2c1=O)NCCSc1ccccc1. The smallest absolute Gasteiger partial charge is 0.275 e. The van der Waals surface area contributed by atoms with E-state index >= 15 is 0 Å². The lowest BCUT2D eigenvalue weighted by molar-refractivity contribution is -0.121. The van der Waals surface area contributed by atoms with Crippen LogP contribution in [0.25, 0.3) is 10.8 Å². The zero-order valence-electron chi connectivity index (χ0n) is 13.0. The monoisotopic (exact) mass is 339 g/mol. The molecule has 1 N–H and O–H groups in total. The summed E-state index contributed by atoms with van der Waals surface area (Å²) in [6, 6.07) is 17.2. The van der Waals surface area contributed by atoms with Crippen molar-refractivity contribution in [3.05, 3.63) is 71.1 Å². The summed E-state index contributed by atoms with van der Waals surface area (Å²) in [5, 5.41) is 8.22. The van der Waals surface area contributed by atoms with Gasteiger partial charge in [0.1, 0.15) is 6.54 Å². The molecule has 0 atom stereocenters. The zero-order valence-corrected chi connectivity index (χ0v) is 13.8. The number of nitrogens with one attached hydrogen (secondary N) is 1. The van der Waals surface area contributed by atoms with Crippen molar-refractivity contribution in [1.29, 1.82) is 0 Å². The second kappa shape index (κ2) is 7.79. The molecule has 0 aliphatic carbocycles. The van der Waals surface area contributed by atoms with Gasteiger partial charge in [-0.1, -0.05) is 36.4 Å². The van der Waals surface area contributed by atoms with E-state index in [0.29, 0.717) is 11.9 Å². The molecule has 0 radical (unpaired) electrons. The second-order valence-electron chi connectivity index (χ2n) is 5.21. The number of amides is 1. The Hall–Kier alpha value is -2.60. The Morgan fingerprint density at radius 2 is 1.83 bits per heavy atom.